The smallest absolute Gasteiger partial charge is 0.347 e. The molecule has 0 spiro atoms. The predicted molar refractivity (Wildman–Crippen MR) is 137 cm³/mol. The van der Waals surface area contributed by atoms with Gasteiger partial charge in [0.15, 0.2) is 0 Å². The number of fused-ring (bicyclic) bond motifs is 1. The number of hydrogen-bond acceptors (Lipinski definition) is 6. The first-order valence-electron chi connectivity index (χ1n) is 11.6. The third-order valence-electron chi connectivity index (χ3n) is 6.04. The quantitative estimate of drug-likeness (QED) is 0.142. The first-order valence-corrected chi connectivity index (χ1v) is 12.4. The first kappa shape index (κ1) is 23.3. The van der Waals surface area contributed by atoms with Crippen LogP contribution in [0.2, 0.25) is 0 Å². The van der Waals surface area contributed by atoms with Crippen LogP contribution < -0.4 is 15.1 Å². The van der Waals surface area contributed by atoms with Gasteiger partial charge in [-0.25, -0.2) is 14.6 Å². The molecular weight excluding hydrogens is 510 g/mol. The third-order valence-corrected chi connectivity index (χ3v) is 6.90. The molecule has 178 valence electrons. The molecule has 0 saturated heterocycles. The van der Waals surface area contributed by atoms with Crippen molar-refractivity contribution in [2.45, 2.75) is 32.6 Å². The lowest BCUT2D eigenvalue weighted by Crippen LogP contribution is -2.09. The lowest BCUT2D eigenvalue weighted by Gasteiger charge is -2.08. The van der Waals surface area contributed by atoms with Crippen LogP contribution in [-0.4, -0.2) is 17.6 Å². The second-order valence-corrected chi connectivity index (χ2v) is 9.65. The van der Waals surface area contributed by atoms with E-state index in [2.05, 4.69) is 20.9 Å². The Morgan fingerprint density at radius 2 is 1.83 bits per heavy atom. The number of ether oxygens (including phenoxy) is 2. The number of benzene rings is 3. The van der Waals surface area contributed by atoms with Gasteiger partial charge in [-0.3, -0.25) is 0 Å². The molecule has 0 atom stereocenters. The molecule has 35 heavy (non-hydrogen) atoms. The molecule has 0 aliphatic heterocycles. The topological polar surface area (TPSA) is 78.6 Å². The highest BCUT2D eigenvalue weighted by molar-refractivity contribution is 9.10. The van der Waals surface area contributed by atoms with Crippen LogP contribution in [0.1, 0.15) is 41.6 Å². The van der Waals surface area contributed by atoms with Crippen LogP contribution in [0, 0.1) is 12.8 Å². The van der Waals surface area contributed by atoms with Gasteiger partial charge < -0.3 is 13.9 Å². The first-order chi connectivity index (χ1) is 17.0. The molecule has 4 aromatic rings. The summed E-state index contributed by atoms with van der Waals surface area (Å²) >= 11 is 3.48. The number of halogens is 1. The predicted octanol–water partition coefficient (Wildman–Crippen LogP) is 6.71. The van der Waals surface area contributed by atoms with Crippen LogP contribution >= 0.6 is 15.9 Å². The van der Waals surface area contributed by atoms with E-state index >= 15 is 0 Å². The van der Waals surface area contributed by atoms with Gasteiger partial charge in [0.25, 0.3) is 0 Å². The normalized spacial score (nSPS) is 13.1. The highest BCUT2D eigenvalue weighted by Crippen LogP contribution is 2.33. The minimum atomic E-state index is -0.553. The van der Waals surface area contributed by atoms with Crippen molar-refractivity contribution in [2.75, 3.05) is 6.61 Å². The summed E-state index contributed by atoms with van der Waals surface area (Å²) in [5.74, 6) is 1.56. The van der Waals surface area contributed by atoms with Crippen molar-refractivity contribution in [2.24, 2.45) is 5.92 Å². The maximum Gasteiger partial charge on any atom is 0.347 e. The molecule has 1 saturated carbocycles. The summed E-state index contributed by atoms with van der Waals surface area (Å²) in [6, 6.07) is 17.2. The Kier molecular flexibility index (Phi) is 6.68. The van der Waals surface area contributed by atoms with E-state index in [1.807, 2.05) is 25.1 Å². The van der Waals surface area contributed by atoms with Crippen molar-refractivity contribution in [3.05, 3.63) is 86.7 Å². The monoisotopic (exact) mass is 533 g/mol. The summed E-state index contributed by atoms with van der Waals surface area (Å²) in [5, 5.41) is 0.236. The van der Waals surface area contributed by atoms with E-state index in [9.17, 15) is 9.59 Å². The summed E-state index contributed by atoms with van der Waals surface area (Å²) in [7, 11) is 0. The molecule has 5 rings (SSSR count). The van der Waals surface area contributed by atoms with Gasteiger partial charge in [0, 0.05) is 10.0 Å². The standard InChI is InChI=1S/C28H24BrNO5/c1-17-4-7-20(15-24(17)29)26-30-25-13-12-22(16-23(25)28(32)35-26)34-27(31)19-8-10-21(11-9-19)33-14-2-3-18-5-6-18/h4,7-13,15-16,18H,2-3,5-6,14H2,1H3. The second-order valence-electron chi connectivity index (χ2n) is 8.80. The van der Waals surface area contributed by atoms with E-state index in [4.69, 9.17) is 13.9 Å². The number of hydrogen-bond donors (Lipinski definition) is 0. The zero-order valence-corrected chi connectivity index (χ0v) is 20.8. The van der Waals surface area contributed by atoms with E-state index in [0.29, 0.717) is 23.3 Å². The summed E-state index contributed by atoms with van der Waals surface area (Å²) in [4.78, 5) is 29.7. The van der Waals surface area contributed by atoms with E-state index in [1.165, 1.54) is 25.3 Å². The van der Waals surface area contributed by atoms with Gasteiger partial charge in [-0.2, -0.15) is 0 Å². The Morgan fingerprint density at radius 1 is 1.06 bits per heavy atom. The molecule has 3 aromatic carbocycles. The molecule has 1 aliphatic rings. The third kappa shape index (κ3) is 5.62. The molecule has 0 radical (unpaired) electrons. The lowest BCUT2D eigenvalue weighted by molar-refractivity contribution is 0.0735. The fourth-order valence-electron chi connectivity index (χ4n) is 3.79. The zero-order valence-electron chi connectivity index (χ0n) is 19.3. The van der Waals surface area contributed by atoms with Crippen LogP contribution in [-0.2, 0) is 0 Å². The fourth-order valence-corrected chi connectivity index (χ4v) is 4.16. The van der Waals surface area contributed by atoms with Crippen molar-refractivity contribution in [1.29, 1.82) is 0 Å². The Balaban J connectivity index is 1.27. The van der Waals surface area contributed by atoms with Gasteiger partial charge in [0.1, 0.15) is 11.5 Å². The average Bonchev–Trinajstić information content (AvgIpc) is 3.69. The molecule has 0 N–H and O–H groups in total. The van der Waals surface area contributed by atoms with Crippen LogP contribution in [0.15, 0.2) is 74.3 Å². The summed E-state index contributed by atoms with van der Waals surface area (Å²) in [6.45, 7) is 2.65. The lowest BCUT2D eigenvalue weighted by atomic mass is 10.1. The van der Waals surface area contributed by atoms with Gasteiger partial charge in [-0.05, 0) is 85.8 Å². The molecule has 1 aromatic heterocycles. The van der Waals surface area contributed by atoms with Gasteiger partial charge in [-0.1, -0.05) is 34.8 Å². The van der Waals surface area contributed by atoms with Crippen molar-refractivity contribution >= 4 is 32.8 Å². The Labute approximate surface area is 211 Å². The second kappa shape index (κ2) is 10.0. The minimum Gasteiger partial charge on any atom is -0.494 e. The molecule has 0 unspecified atom stereocenters. The number of aryl methyl sites for hydroxylation is 1. The van der Waals surface area contributed by atoms with Gasteiger partial charge >= 0.3 is 11.6 Å². The summed E-state index contributed by atoms with van der Waals surface area (Å²) < 4.78 is 17.6. The summed E-state index contributed by atoms with van der Waals surface area (Å²) in [6.07, 6.45) is 4.96. The summed E-state index contributed by atoms with van der Waals surface area (Å²) in [5.41, 5.74) is 2.04. The highest BCUT2D eigenvalue weighted by atomic mass is 79.9. The fraction of sp³-hybridized carbons (Fsp3) is 0.250. The minimum absolute atomic E-state index is 0.225. The average molecular weight is 534 g/mol. The van der Waals surface area contributed by atoms with Gasteiger partial charge in [-0.15, -0.1) is 0 Å². The van der Waals surface area contributed by atoms with Gasteiger partial charge in [0.2, 0.25) is 5.89 Å². The van der Waals surface area contributed by atoms with Crippen molar-refractivity contribution in [3.63, 3.8) is 0 Å². The van der Waals surface area contributed by atoms with Crippen LogP contribution in [0.4, 0.5) is 0 Å². The molecule has 0 amide bonds. The van der Waals surface area contributed by atoms with Crippen LogP contribution in [0.5, 0.6) is 11.5 Å². The number of esters is 1. The molecule has 1 heterocycles. The molecule has 6 nitrogen and oxygen atoms in total. The van der Waals surface area contributed by atoms with Crippen molar-refractivity contribution in [3.8, 4) is 23.0 Å². The Morgan fingerprint density at radius 3 is 2.57 bits per heavy atom. The van der Waals surface area contributed by atoms with Crippen LogP contribution in [0.3, 0.4) is 0 Å². The maximum atomic E-state index is 12.6. The van der Waals surface area contributed by atoms with Crippen molar-refractivity contribution < 1.29 is 18.7 Å². The Hall–Kier alpha value is -3.45. The number of rotatable bonds is 8. The molecular formula is C28H24BrNO5. The molecule has 0 bridgehead atoms. The number of carbonyl (C=O) groups excluding carboxylic acids is 1. The number of nitrogens with zero attached hydrogens (tertiary/aromatic N) is 1. The van der Waals surface area contributed by atoms with E-state index in [-0.39, 0.29) is 17.0 Å². The Bertz CT molecular complexity index is 1440. The SMILES string of the molecule is Cc1ccc(-c2nc3ccc(OC(=O)c4ccc(OCCCC5CC5)cc4)cc3c(=O)o2)cc1Br. The number of carbonyl (C=O) groups is 1. The van der Waals surface area contributed by atoms with Crippen molar-refractivity contribution in [1.82, 2.24) is 4.98 Å². The zero-order chi connectivity index (χ0) is 24.4. The van der Waals surface area contributed by atoms with E-state index in [0.717, 1.165) is 28.1 Å². The van der Waals surface area contributed by atoms with E-state index in [1.54, 1.807) is 36.4 Å². The molecule has 1 aliphatic carbocycles. The van der Waals surface area contributed by atoms with Crippen LogP contribution in [0.25, 0.3) is 22.4 Å². The maximum absolute atomic E-state index is 12.6. The highest BCUT2D eigenvalue weighted by Gasteiger charge is 2.20. The number of aromatic nitrogens is 1. The van der Waals surface area contributed by atoms with E-state index < -0.39 is 11.6 Å². The molecule has 7 heteroatoms. The largest absolute Gasteiger partial charge is 0.494 e. The molecule has 1 fully saturated rings. The van der Waals surface area contributed by atoms with Gasteiger partial charge in [0.05, 0.1) is 23.1 Å².